The highest BCUT2D eigenvalue weighted by Crippen LogP contribution is 2.24. The predicted octanol–water partition coefficient (Wildman–Crippen LogP) is 4.25. The molecule has 0 aliphatic heterocycles. The number of nitrogens with one attached hydrogen (secondary N) is 2. The summed E-state index contributed by atoms with van der Waals surface area (Å²) in [6.45, 7) is 6.34. The highest BCUT2D eigenvalue weighted by Gasteiger charge is 2.31. The number of rotatable bonds is 4. The quantitative estimate of drug-likeness (QED) is 0.809. The van der Waals surface area contributed by atoms with Crippen LogP contribution in [0.15, 0.2) is 22.7 Å². The van der Waals surface area contributed by atoms with Crippen LogP contribution in [0.3, 0.4) is 0 Å². The lowest BCUT2D eigenvalue weighted by Crippen LogP contribution is -2.53. The van der Waals surface area contributed by atoms with Crippen LogP contribution in [0.2, 0.25) is 5.02 Å². The Labute approximate surface area is 145 Å². The number of carbonyl (C=O) groups is 1. The van der Waals surface area contributed by atoms with Gasteiger partial charge in [0, 0.05) is 28.1 Å². The van der Waals surface area contributed by atoms with Gasteiger partial charge in [-0.25, -0.2) is 4.79 Å². The van der Waals surface area contributed by atoms with Crippen molar-refractivity contribution in [2.24, 2.45) is 0 Å². The minimum atomic E-state index is -0.454. The lowest BCUT2D eigenvalue weighted by molar-refractivity contribution is 0.0465. The third-order valence-electron chi connectivity index (χ3n) is 3.45. The first-order valence-corrected chi connectivity index (χ1v) is 8.57. The molecule has 0 aromatic heterocycles. The molecule has 0 saturated heterocycles. The van der Waals surface area contributed by atoms with Crippen molar-refractivity contribution >= 4 is 33.6 Å². The molecule has 1 aliphatic rings. The standard InChI is InChI=1S/C16H22BrClN2O2/c1-16(2,3)22-15(21)20-13-7-12(8-13)19-9-10-6-11(18)4-5-14(10)17/h4-6,12-13,19H,7-9H2,1-3H3,(H,20,21). The summed E-state index contributed by atoms with van der Waals surface area (Å²) >= 11 is 9.52. The summed E-state index contributed by atoms with van der Waals surface area (Å²) < 4.78 is 6.29. The van der Waals surface area contributed by atoms with E-state index in [-0.39, 0.29) is 12.1 Å². The second-order valence-electron chi connectivity index (χ2n) is 6.63. The van der Waals surface area contributed by atoms with Gasteiger partial charge in [0.2, 0.25) is 0 Å². The summed E-state index contributed by atoms with van der Waals surface area (Å²) in [5.41, 5.74) is 0.681. The molecule has 0 bridgehead atoms. The number of hydrogen-bond acceptors (Lipinski definition) is 3. The Balaban J connectivity index is 1.69. The van der Waals surface area contributed by atoms with Crippen molar-refractivity contribution in [2.45, 2.75) is 57.8 Å². The number of ether oxygens (including phenoxy) is 1. The van der Waals surface area contributed by atoms with Crippen molar-refractivity contribution in [3.05, 3.63) is 33.3 Å². The van der Waals surface area contributed by atoms with E-state index in [2.05, 4.69) is 26.6 Å². The predicted molar refractivity (Wildman–Crippen MR) is 92.2 cm³/mol. The Bertz CT molecular complexity index is 539. The van der Waals surface area contributed by atoms with Gasteiger partial charge in [-0.2, -0.15) is 0 Å². The molecule has 0 spiro atoms. The molecule has 1 saturated carbocycles. The molecule has 0 heterocycles. The zero-order valence-corrected chi connectivity index (χ0v) is 15.4. The summed E-state index contributed by atoms with van der Waals surface area (Å²) in [4.78, 5) is 11.7. The Morgan fingerprint density at radius 1 is 1.36 bits per heavy atom. The second kappa shape index (κ2) is 7.20. The van der Waals surface area contributed by atoms with Gasteiger partial charge >= 0.3 is 6.09 Å². The molecule has 122 valence electrons. The minimum absolute atomic E-state index is 0.190. The van der Waals surface area contributed by atoms with Gasteiger partial charge in [0.15, 0.2) is 0 Å². The molecule has 22 heavy (non-hydrogen) atoms. The first kappa shape index (κ1) is 17.6. The molecule has 6 heteroatoms. The number of benzene rings is 1. The van der Waals surface area contributed by atoms with Gasteiger partial charge in [-0.15, -0.1) is 0 Å². The fourth-order valence-electron chi connectivity index (χ4n) is 2.31. The van der Waals surface area contributed by atoms with Gasteiger partial charge in [-0.05, 0) is 57.4 Å². The number of alkyl carbamates (subject to hydrolysis) is 1. The molecule has 1 aliphatic carbocycles. The van der Waals surface area contributed by atoms with Crippen molar-refractivity contribution < 1.29 is 9.53 Å². The van der Waals surface area contributed by atoms with Gasteiger partial charge in [0.05, 0.1) is 0 Å². The number of amides is 1. The summed E-state index contributed by atoms with van der Waals surface area (Å²) in [5, 5.41) is 7.10. The van der Waals surface area contributed by atoms with Gasteiger partial charge in [0.25, 0.3) is 0 Å². The lowest BCUT2D eigenvalue weighted by Gasteiger charge is -2.36. The van der Waals surface area contributed by atoms with E-state index >= 15 is 0 Å². The van der Waals surface area contributed by atoms with Gasteiger partial charge in [0.1, 0.15) is 5.60 Å². The van der Waals surface area contributed by atoms with E-state index in [1.54, 1.807) is 0 Å². The van der Waals surface area contributed by atoms with Crippen LogP contribution in [0.25, 0.3) is 0 Å². The molecular formula is C16H22BrClN2O2. The topological polar surface area (TPSA) is 50.4 Å². The van der Waals surface area contributed by atoms with Crippen molar-refractivity contribution in [1.29, 1.82) is 0 Å². The molecule has 0 unspecified atom stereocenters. The third kappa shape index (κ3) is 5.45. The third-order valence-corrected chi connectivity index (χ3v) is 4.46. The second-order valence-corrected chi connectivity index (χ2v) is 7.92. The van der Waals surface area contributed by atoms with E-state index in [0.717, 1.165) is 34.4 Å². The normalized spacial score (nSPS) is 21.1. The smallest absolute Gasteiger partial charge is 0.407 e. The average molecular weight is 390 g/mol. The fraction of sp³-hybridized carbons (Fsp3) is 0.562. The maximum Gasteiger partial charge on any atom is 0.407 e. The molecule has 4 nitrogen and oxygen atoms in total. The first-order valence-electron chi connectivity index (χ1n) is 7.40. The molecule has 1 fully saturated rings. The molecule has 1 amide bonds. The maximum atomic E-state index is 11.7. The molecular weight excluding hydrogens is 368 g/mol. The van der Waals surface area contributed by atoms with Crippen LogP contribution in [0.1, 0.15) is 39.2 Å². The Kier molecular flexibility index (Phi) is 5.75. The number of halogens is 2. The minimum Gasteiger partial charge on any atom is -0.444 e. The molecule has 2 N–H and O–H groups in total. The SMILES string of the molecule is CC(C)(C)OC(=O)NC1CC(NCc2cc(Cl)ccc2Br)C1. The largest absolute Gasteiger partial charge is 0.444 e. The molecule has 0 atom stereocenters. The van der Waals surface area contributed by atoms with Crippen LogP contribution in [0.5, 0.6) is 0 Å². The Morgan fingerprint density at radius 3 is 2.68 bits per heavy atom. The summed E-state index contributed by atoms with van der Waals surface area (Å²) in [7, 11) is 0. The molecule has 1 aromatic carbocycles. The van der Waals surface area contributed by atoms with Crippen LogP contribution in [-0.2, 0) is 11.3 Å². The van der Waals surface area contributed by atoms with E-state index in [0.29, 0.717) is 6.04 Å². The Morgan fingerprint density at radius 2 is 2.05 bits per heavy atom. The van der Waals surface area contributed by atoms with Gasteiger partial charge in [-0.3, -0.25) is 0 Å². The van der Waals surface area contributed by atoms with Crippen molar-refractivity contribution in [3.63, 3.8) is 0 Å². The first-order chi connectivity index (χ1) is 10.2. The molecule has 1 aromatic rings. The lowest BCUT2D eigenvalue weighted by atomic mass is 9.87. The summed E-state index contributed by atoms with van der Waals surface area (Å²) in [6, 6.07) is 6.36. The Hall–Kier alpha value is -0.780. The van der Waals surface area contributed by atoms with Crippen LogP contribution < -0.4 is 10.6 Å². The van der Waals surface area contributed by atoms with Gasteiger partial charge < -0.3 is 15.4 Å². The van der Waals surface area contributed by atoms with E-state index in [1.807, 2.05) is 39.0 Å². The molecule has 2 rings (SSSR count). The van der Waals surface area contributed by atoms with Crippen LogP contribution in [-0.4, -0.2) is 23.8 Å². The molecule has 0 radical (unpaired) electrons. The van der Waals surface area contributed by atoms with Crippen LogP contribution >= 0.6 is 27.5 Å². The van der Waals surface area contributed by atoms with E-state index in [4.69, 9.17) is 16.3 Å². The zero-order chi connectivity index (χ0) is 16.3. The van der Waals surface area contributed by atoms with Crippen LogP contribution in [0.4, 0.5) is 4.79 Å². The van der Waals surface area contributed by atoms with E-state index in [9.17, 15) is 4.79 Å². The van der Waals surface area contributed by atoms with Gasteiger partial charge in [-0.1, -0.05) is 27.5 Å². The fourth-order valence-corrected chi connectivity index (χ4v) is 2.89. The van der Waals surface area contributed by atoms with Crippen LogP contribution in [0, 0.1) is 0 Å². The number of carbonyl (C=O) groups excluding carboxylic acids is 1. The van der Waals surface area contributed by atoms with E-state index in [1.165, 1.54) is 0 Å². The highest BCUT2D eigenvalue weighted by atomic mass is 79.9. The maximum absolute atomic E-state index is 11.7. The van der Waals surface area contributed by atoms with Crippen molar-refractivity contribution in [2.75, 3.05) is 0 Å². The zero-order valence-electron chi connectivity index (χ0n) is 13.1. The summed E-state index contributed by atoms with van der Waals surface area (Å²) in [6.07, 6.45) is 1.49. The van der Waals surface area contributed by atoms with E-state index < -0.39 is 5.60 Å². The van der Waals surface area contributed by atoms with Crippen molar-refractivity contribution in [3.8, 4) is 0 Å². The number of hydrogen-bond donors (Lipinski definition) is 2. The van der Waals surface area contributed by atoms with Crippen molar-refractivity contribution in [1.82, 2.24) is 10.6 Å². The average Bonchev–Trinajstić information content (AvgIpc) is 2.33. The highest BCUT2D eigenvalue weighted by molar-refractivity contribution is 9.10. The summed E-state index contributed by atoms with van der Waals surface area (Å²) in [5.74, 6) is 0. The monoisotopic (exact) mass is 388 g/mol.